The van der Waals surface area contributed by atoms with Crippen LogP contribution in [0.2, 0.25) is 0 Å². The van der Waals surface area contributed by atoms with Crippen molar-refractivity contribution in [3.63, 3.8) is 0 Å². The van der Waals surface area contributed by atoms with Gasteiger partial charge in [0.15, 0.2) is 0 Å². The highest BCUT2D eigenvalue weighted by Gasteiger charge is 2.06. The largest absolute Gasteiger partial charge is 0.0616 e. The average Bonchev–Trinajstić information content (AvgIpc) is 2.88. The van der Waals surface area contributed by atoms with Crippen LogP contribution in [0.1, 0.15) is 0 Å². The van der Waals surface area contributed by atoms with E-state index in [1.807, 2.05) is 0 Å². The van der Waals surface area contributed by atoms with Crippen LogP contribution in [0.15, 0.2) is 133 Å². The van der Waals surface area contributed by atoms with Crippen LogP contribution in [-0.4, -0.2) is 0 Å². The van der Waals surface area contributed by atoms with Crippen molar-refractivity contribution in [3.8, 4) is 33.4 Å². The van der Waals surface area contributed by atoms with Crippen LogP contribution in [0.25, 0.3) is 54.9 Å². The zero-order valence-electron chi connectivity index (χ0n) is 17.7. The molecule has 0 radical (unpaired) electrons. The Labute approximate surface area is 188 Å². The van der Waals surface area contributed by atoms with Crippen LogP contribution in [0.3, 0.4) is 0 Å². The van der Waals surface area contributed by atoms with Gasteiger partial charge in [-0.15, -0.1) is 0 Å². The molecule has 6 aromatic rings. The molecule has 0 saturated heterocycles. The summed E-state index contributed by atoms with van der Waals surface area (Å²) in [6.07, 6.45) is 0. The Morgan fingerprint density at radius 1 is 0.219 bits per heavy atom. The second kappa shape index (κ2) is 7.83. The molecule has 150 valence electrons. The first kappa shape index (κ1) is 18.6. The summed E-state index contributed by atoms with van der Waals surface area (Å²) in [5.41, 5.74) is 7.44. The third-order valence-corrected chi connectivity index (χ3v) is 6.22. The van der Waals surface area contributed by atoms with E-state index >= 15 is 0 Å². The first-order valence-electron chi connectivity index (χ1n) is 11.0. The maximum atomic E-state index is 2.30. The van der Waals surface area contributed by atoms with Crippen LogP contribution in [0, 0.1) is 0 Å². The summed E-state index contributed by atoms with van der Waals surface area (Å²) in [6.45, 7) is 0. The maximum Gasteiger partial charge on any atom is -0.0177 e. The van der Waals surface area contributed by atoms with Gasteiger partial charge < -0.3 is 0 Å². The van der Waals surface area contributed by atoms with Crippen LogP contribution >= 0.6 is 0 Å². The summed E-state index contributed by atoms with van der Waals surface area (Å²) in [7, 11) is 0. The van der Waals surface area contributed by atoms with E-state index in [0.717, 1.165) is 0 Å². The summed E-state index contributed by atoms with van der Waals surface area (Å²) in [5.74, 6) is 0. The van der Waals surface area contributed by atoms with Crippen molar-refractivity contribution in [2.24, 2.45) is 0 Å². The SMILES string of the molecule is c1cc(-c2cccc(-c3ccc4ccccc4c3)c2)cc(-c2ccc3ccccc3c2)c1. The van der Waals surface area contributed by atoms with Gasteiger partial charge in [-0.05, 0) is 79.2 Å². The number of fused-ring (bicyclic) bond motifs is 2. The summed E-state index contributed by atoms with van der Waals surface area (Å²) in [6, 6.07) is 48.1. The normalized spacial score (nSPS) is 11.1. The number of benzene rings is 6. The zero-order valence-corrected chi connectivity index (χ0v) is 17.7. The molecule has 0 nitrogen and oxygen atoms in total. The molecule has 0 aliphatic carbocycles. The van der Waals surface area contributed by atoms with Crippen molar-refractivity contribution in [3.05, 3.63) is 133 Å². The topological polar surface area (TPSA) is 0 Å². The van der Waals surface area contributed by atoms with E-state index in [4.69, 9.17) is 0 Å². The highest BCUT2D eigenvalue weighted by Crippen LogP contribution is 2.32. The fourth-order valence-corrected chi connectivity index (χ4v) is 4.49. The molecule has 0 atom stereocenters. The van der Waals surface area contributed by atoms with Gasteiger partial charge in [0.2, 0.25) is 0 Å². The predicted molar refractivity (Wildman–Crippen MR) is 138 cm³/mol. The molecule has 0 aromatic heterocycles. The third-order valence-electron chi connectivity index (χ3n) is 6.22. The van der Waals surface area contributed by atoms with Gasteiger partial charge in [0.05, 0.1) is 0 Å². The molecule has 0 aliphatic heterocycles. The van der Waals surface area contributed by atoms with Crippen molar-refractivity contribution in [1.29, 1.82) is 0 Å². The standard InChI is InChI=1S/C32H22/c1-3-9-25-19-31(17-15-23(25)7-1)29-13-5-11-27(21-29)28-12-6-14-30(22-28)32-18-16-24-8-2-4-10-26(24)20-32/h1-22H. The Hall–Kier alpha value is -4.16. The van der Waals surface area contributed by atoms with Crippen molar-refractivity contribution < 1.29 is 0 Å². The minimum absolute atomic E-state index is 1.23. The smallest absolute Gasteiger partial charge is 0.0177 e. The molecule has 0 heteroatoms. The highest BCUT2D eigenvalue weighted by atomic mass is 14.1. The number of hydrogen-bond acceptors (Lipinski definition) is 0. The molecule has 6 rings (SSSR count). The minimum Gasteiger partial charge on any atom is -0.0616 e. The Balaban J connectivity index is 1.39. The van der Waals surface area contributed by atoms with Crippen LogP contribution in [0.4, 0.5) is 0 Å². The fourth-order valence-electron chi connectivity index (χ4n) is 4.49. The van der Waals surface area contributed by atoms with E-state index in [0.29, 0.717) is 0 Å². The number of rotatable bonds is 3. The molecule has 0 spiro atoms. The van der Waals surface area contributed by atoms with E-state index in [1.54, 1.807) is 0 Å². The lowest BCUT2D eigenvalue weighted by Gasteiger charge is -2.10. The summed E-state index contributed by atoms with van der Waals surface area (Å²) in [4.78, 5) is 0. The molecule has 0 saturated carbocycles. The van der Waals surface area contributed by atoms with Crippen LogP contribution < -0.4 is 0 Å². The minimum atomic E-state index is 1.23. The Bertz CT molecular complexity index is 1450. The van der Waals surface area contributed by atoms with E-state index in [1.165, 1.54) is 54.9 Å². The van der Waals surface area contributed by atoms with Gasteiger partial charge in [-0.1, -0.05) is 109 Å². The van der Waals surface area contributed by atoms with Crippen molar-refractivity contribution in [1.82, 2.24) is 0 Å². The van der Waals surface area contributed by atoms with Gasteiger partial charge >= 0.3 is 0 Å². The predicted octanol–water partition coefficient (Wildman–Crippen LogP) is 8.99. The molecule has 0 N–H and O–H groups in total. The molecular weight excluding hydrogens is 384 g/mol. The van der Waals surface area contributed by atoms with E-state index < -0.39 is 0 Å². The Morgan fingerprint density at radius 3 is 0.969 bits per heavy atom. The number of hydrogen-bond donors (Lipinski definition) is 0. The average molecular weight is 407 g/mol. The highest BCUT2D eigenvalue weighted by molar-refractivity contribution is 5.89. The summed E-state index contributed by atoms with van der Waals surface area (Å²) >= 11 is 0. The first-order valence-corrected chi connectivity index (χ1v) is 11.0. The molecule has 0 heterocycles. The second-order valence-electron chi connectivity index (χ2n) is 8.29. The summed E-state index contributed by atoms with van der Waals surface area (Å²) in [5, 5.41) is 5.09. The molecule has 0 amide bonds. The lowest BCUT2D eigenvalue weighted by atomic mass is 9.95. The monoisotopic (exact) mass is 406 g/mol. The van der Waals surface area contributed by atoms with Gasteiger partial charge in [0, 0.05) is 0 Å². The lowest BCUT2D eigenvalue weighted by molar-refractivity contribution is 1.58. The van der Waals surface area contributed by atoms with Gasteiger partial charge in [0.1, 0.15) is 0 Å². The second-order valence-corrected chi connectivity index (χ2v) is 8.29. The van der Waals surface area contributed by atoms with Gasteiger partial charge in [0.25, 0.3) is 0 Å². The van der Waals surface area contributed by atoms with E-state index in [-0.39, 0.29) is 0 Å². The molecule has 32 heavy (non-hydrogen) atoms. The Kier molecular flexibility index (Phi) is 4.55. The van der Waals surface area contributed by atoms with E-state index in [2.05, 4.69) is 133 Å². The quantitative estimate of drug-likeness (QED) is 0.275. The molecular formula is C32H22. The van der Waals surface area contributed by atoms with Crippen molar-refractivity contribution in [2.45, 2.75) is 0 Å². The molecule has 0 fully saturated rings. The van der Waals surface area contributed by atoms with Crippen LogP contribution in [0.5, 0.6) is 0 Å². The molecule has 0 bridgehead atoms. The maximum absolute atomic E-state index is 2.30. The third kappa shape index (κ3) is 3.46. The molecule has 6 aromatic carbocycles. The fraction of sp³-hybridized carbons (Fsp3) is 0. The van der Waals surface area contributed by atoms with E-state index in [9.17, 15) is 0 Å². The first-order chi connectivity index (χ1) is 15.8. The van der Waals surface area contributed by atoms with Gasteiger partial charge in [-0.3, -0.25) is 0 Å². The van der Waals surface area contributed by atoms with Crippen LogP contribution in [-0.2, 0) is 0 Å². The zero-order chi connectivity index (χ0) is 21.3. The summed E-state index contributed by atoms with van der Waals surface area (Å²) < 4.78 is 0. The Morgan fingerprint density at radius 2 is 0.562 bits per heavy atom. The van der Waals surface area contributed by atoms with Gasteiger partial charge in [-0.2, -0.15) is 0 Å². The van der Waals surface area contributed by atoms with Crippen molar-refractivity contribution >= 4 is 21.5 Å². The lowest BCUT2D eigenvalue weighted by Crippen LogP contribution is -1.84. The van der Waals surface area contributed by atoms with Gasteiger partial charge in [-0.25, -0.2) is 0 Å². The van der Waals surface area contributed by atoms with Crippen molar-refractivity contribution in [2.75, 3.05) is 0 Å². The molecule has 0 aliphatic rings. The molecule has 0 unspecified atom stereocenters.